The molecular formula is C27H33N3O6. The summed E-state index contributed by atoms with van der Waals surface area (Å²) in [4.78, 5) is 39.7. The van der Waals surface area contributed by atoms with Crippen LogP contribution in [0.3, 0.4) is 0 Å². The Morgan fingerprint density at radius 1 is 1.03 bits per heavy atom. The summed E-state index contributed by atoms with van der Waals surface area (Å²) in [5.74, 6) is 1.27. The van der Waals surface area contributed by atoms with E-state index in [9.17, 15) is 14.4 Å². The summed E-state index contributed by atoms with van der Waals surface area (Å²) in [5, 5.41) is 6.02. The number of hydrogen-bond donors (Lipinski definition) is 2. The van der Waals surface area contributed by atoms with E-state index in [1.165, 1.54) is 6.92 Å². The number of nitrogens with zero attached hydrogens (tertiary/aromatic N) is 1. The molecule has 1 aliphatic heterocycles. The Balaban J connectivity index is 1.84. The van der Waals surface area contributed by atoms with Crippen LogP contribution in [0, 0.1) is 0 Å². The van der Waals surface area contributed by atoms with Crippen LogP contribution in [0.4, 0.5) is 5.69 Å². The molecule has 1 aliphatic carbocycles. The SMILES string of the molecule is COc1cc2c(c(OC)c1OC)-c1ccc(NCC(=O)N3CCCC3)c(=O)cc1C(NC(C)=O)CC2. The van der Waals surface area contributed by atoms with Gasteiger partial charge < -0.3 is 29.7 Å². The number of carbonyl (C=O) groups is 2. The molecule has 192 valence electrons. The summed E-state index contributed by atoms with van der Waals surface area (Å²) in [6, 6.07) is 6.60. The highest BCUT2D eigenvalue weighted by Crippen LogP contribution is 2.50. The summed E-state index contributed by atoms with van der Waals surface area (Å²) >= 11 is 0. The van der Waals surface area contributed by atoms with E-state index >= 15 is 0 Å². The van der Waals surface area contributed by atoms with E-state index < -0.39 is 0 Å². The molecule has 1 fully saturated rings. The molecule has 1 atom stereocenters. The van der Waals surface area contributed by atoms with Gasteiger partial charge in [-0.1, -0.05) is 6.07 Å². The normalized spacial score (nSPS) is 16.3. The molecule has 4 rings (SSSR count). The van der Waals surface area contributed by atoms with E-state index in [1.807, 2.05) is 17.0 Å². The van der Waals surface area contributed by atoms with Gasteiger partial charge in [-0.2, -0.15) is 0 Å². The topological polar surface area (TPSA) is 106 Å². The summed E-state index contributed by atoms with van der Waals surface area (Å²) in [6.07, 6.45) is 3.22. The molecule has 9 heteroatoms. The van der Waals surface area contributed by atoms with Crippen molar-refractivity contribution in [1.82, 2.24) is 10.2 Å². The molecule has 2 amide bonds. The van der Waals surface area contributed by atoms with Crippen LogP contribution < -0.4 is 30.3 Å². The average Bonchev–Trinajstić information content (AvgIpc) is 3.31. The average molecular weight is 496 g/mol. The number of fused-ring (bicyclic) bond motifs is 3. The molecule has 0 saturated carbocycles. The van der Waals surface area contributed by atoms with E-state index in [0.717, 1.165) is 42.6 Å². The van der Waals surface area contributed by atoms with Crippen molar-refractivity contribution in [3.05, 3.63) is 45.6 Å². The Morgan fingerprint density at radius 3 is 2.39 bits per heavy atom. The Kier molecular flexibility index (Phi) is 7.67. The third-order valence-electron chi connectivity index (χ3n) is 6.80. The minimum absolute atomic E-state index is 0.0278. The van der Waals surface area contributed by atoms with Crippen LogP contribution in [0.1, 0.15) is 43.4 Å². The van der Waals surface area contributed by atoms with Gasteiger partial charge in [-0.25, -0.2) is 0 Å². The highest BCUT2D eigenvalue weighted by Gasteiger charge is 2.29. The fourth-order valence-electron chi connectivity index (χ4n) is 5.10. The molecule has 2 aromatic rings. The molecule has 0 aromatic heterocycles. The van der Waals surface area contributed by atoms with Gasteiger partial charge in [0.25, 0.3) is 0 Å². The lowest BCUT2D eigenvalue weighted by Gasteiger charge is -2.19. The summed E-state index contributed by atoms with van der Waals surface area (Å²) in [5.41, 5.74) is 3.22. The van der Waals surface area contributed by atoms with Crippen LogP contribution in [-0.2, 0) is 16.0 Å². The van der Waals surface area contributed by atoms with Gasteiger partial charge in [-0.15, -0.1) is 0 Å². The second-order valence-corrected chi connectivity index (χ2v) is 9.04. The predicted octanol–water partition coefficient (Wildman–Crippen LogP) is 2.90. The lowest BCUT2D eigenvalue weighted by atomic mass is 9.95. The molecule has 1 saturated heterocycles. The first-order chi connectivity index (χ1) is 17.4. The Morgan fingerprint density at radius 2 is 1.75 bits per heavy atom. The quantitative estimate of drug-likeness (QED) is 0.608. The predicted molar refractivity (Wildman–Crippen MR) is 137 cm³/mol. The van der Waals surface area contributed by atoms with E-state index in [0.29, 0.717) is 41.3 Å². The van der Waals surface area contributed by atoms with Crippen LogP contribution in [0.25, 0.3) is 11.1 Å². The van der Waals surface area contributed by atoms with Crippen molar-refractivity contribution in [3.8, 4) is 28.4 Å². The van der Waals surface area contributed by atoms with Crippen molar-refractivity contribution in [3.63, 3.8) is 0 Å². The van der Waals surface area contributed by atoms with Gasteiger partial charge in [0.2, 0.25) is 23.0 Å². The largest absolute Gasteiger partial charge is 0.493 e. The standard InChI is InChI=1S/C27H33N3O6/c1-16(31)29-20-9-7-17-13-23(34-2)26(35-3)27(36-4)25(17)18-8-10-21(22(32)14-19(18)20)28-15-24(33)30-11-5-6-12-30/h8,10,13-14,20H,5-7,9,11-12,15H2,1-4H3,(H,28,32)(H,29,31). The molecule has 2 aliphatic rings. The minimum Gasteiger partial charge on any atom is -0.493 e. The van der Waals surface area contributed by atoms with Crippen molar-refractivity contribution >= 4 is 17.5 Å². The first-order valence-electron chi connectivity index (χ1n) is 12.2. The molecule has 9 nitrogen and oxygen atoms in total. The first-order valence-corrected chi connectivity index (χ1v) is 12.2. The molecule has 1 unspecified atom stereocenters. The van der Waals surface area contributed by atoms with Crippen molar-refractivity contribution < 1.29 is 23.8 Å². The van der Waals surface area contributed by atoms with E-state index in [4.69, 9.17) is 14.2 Å². The van der Waals surface area contributed by atoms with Gasteiger partial charge in [0.1, 0.15) is 0 Å². The second kappa shape index (κ2) is 10.9. The van der Waals surface area contributed by atoms with Gasteiger partial charge in [0.05, 0.1) is 39.6 Å². The number of aryl methyl sites for hydroxylation is 1. The number of ether oxygens (including phenoxy) is 3. The molecule has 2 aromatic carbocycles. The monoisotopic (exact) mass is 495 g/mol. The molecule has 1 heterocycles. The zero-order chi connectivity index (χ0) is 25.8. The molecule has 0 bridgehead atoms. The van der Waals surface area contributed by atoms with Gasteiger partial charge in [0.15, 0.2) is 11.5 Å². The van der Waals surface area contributed by atoms with Gasteiger partial charge in [0, 0.05) is 25.6 Å². The summed E-state index contributed by atoms with van der Waals surface area (Å²) in [6.45, 7) is 3.01. The number of hydrogen-bond acceptors (Lipinski definition) is 7. The van der Waals surface area contributed by atoms with Crippen molar-refractivity contribution in [2.24, 2.45) is 0 Å². The lowest BCUT2D eigenvalue weighted by molar-refractivity contribution is -0.128. The zero-order valence-electron chi connectivity index (χ0n) is 21.2. The fourth-order valence-corrected chi connectivity index (χ4v) is 5.10. The highest BCUT2D eigenvalue weighted by atomic mass is 16.5. The third kappa shape index (κ3) is 4.96. The number of rotatable bonds is 7. The molecular weight excluding hydrogens is 462 g/mol. The Bertz CT molecular complexity index is 1220. The number of nitrogens with one attached hydrogen (secondary N) is 2. The fraction of sp³-hybridized carbons (Fsp3) is 0.444. The van der Waals surface area contributed by atoms with Crippen LogP contribution in [-0.4, -0.2) is 57.7 Å². The molecule has 36 heavy (non-hydrogen) atoms. The highest BCUT2D eigenvalue weighted by molar-refractivity contribution is 5.84. The number of carbonyl (C=O) groups excluding carboxylic acids is 2. The smallest absolute Gasteiger partial charge is 0.241 e. The van der Waals surface area contributed by atoms with E-state index in [1.54, 1.807) is 33.5 Å². The van der Waals surface area contributed by atoms with Gasteiger partial charge >= 0.3 is 0 Å². The first kappa shape index (κ1) is 25.3. The number of amides is 2. The van der Waals surface area contributed by atoms with Crippen molar-refractivity contribution in [1.29, 1.82) is 0 Å². The van der Waals surface area contributed by atoms with Crippen LogP contribution in [0.5, 0.6) is 17.2 Å². The third-order valence-corrected chi connectivity index (χ3v) is 6.80. The van der Waals surface area contributed by atoms with E-state index in [2.05, 4.69) is 10.6 Å². The number of benzene rings is 1. The summed E-state index contributed by atoms with van der Waals surface area (Å²) < 4.78 is 17.0. The summed E-state index contributed by atoms with van der Waals surface area (Å²) in [7, 11) is 4.68. The van der Waals surface area contributed by atoms with Gasteiger partial charge in [-0.05, 0) is 60.6 Å². The zero-order valence-corrected chi connectivity index (χ0v) is 21.2. The molecule has 2 N–H and O–H groups in total. The number of likely N-dealkylation sites (tertiary alicyclic amines) is 1. The molecule has 0 spiro atoms. The Labute approximate surface area is 210 Å². The number of anilines is 1. The maximum atomic E-state index is 13.3. The van der Waals surface area contributed by atoms with Crippen LogP contribution in [0.15, 0.2) is 29.1 Å². The maximum Gasteiger partial charge on any atom is 0.241 e. The second-order valence-electron chi connectivity index (χ2n) is 9.04. The lowest BCUT2D eigenvalue weighted by Crippen LogP contribution is -2.33. The van der Waals surface area contributed by atoms with Crippen molar-refractivity contribution in [2.75, 3.05) is 46.3 Å². The minimum atomic E-state index is -0.384. The van der Waals surface area contributed by atoms with Crippen molar-refractivity contribution in [2.45, 2.75) is 38.6 Å². The van der Waals surface area contributed by atoms with Gasteiger partial charge in [-0.3, -0.25) is 14.4 Å². The molecule has 0 radical (unpaired) electrons. The van der Waals surface area contributed by atoms with Crippen LogP contribution in [0.2, 0.25) is 0 Å². The number of methoxy groups -OCH3 is 3. The Hall–Kier alpha value is -3.75. The van der Waals surface area contributed by atoms with E-state index in [-0.39, 0.29) is 29.8 Å². The maximum absolute atomic E-state index is 13.3. The van der Waals surface area contributed by atoms with Crippen LogP contribution >= 0.6 is 0 Å².